The Morgan fingerprint density at radius 2 is 1.95 bits per heavy atom. The molecule has 1 atom stereocenters. The Morgan fingerprint density at radius 3 is 2.55 bits per heavy atom. The number of aliphatic hydroxyl groups is 1. The van der Waals surface area contributed by atoms with Crippen LogP contribution in [-0.2, 0) is 4.79 Å². The highest BCUT2D eigenvalue weighted by molar-refractivity contribution is 5.82. The molecule has 120 valence electrons. The van der Waals surface area contributed by atoms with E-state index in [4.69, 9.17) is 0 Å². The summed E-state index contributed by atoms with van der Waals surface area (Å²) in [6.45, 7) is 7.16. The first-order chi connectivity index (χ1) is 10.6. The van der Waals surface area contributed by atoms with Gasteiger partial charge in [0.25, 0.3) is 5.91 Å². The zero-order valence-electron chi connectivity index (χ0n) is 13.5. The summed E-state index contributed by atoms with van der Waals surface area (Å²) in [4.78, 5) is 14.5. The van der Waals surface area contributed by atoms with Gasteiger partial charge in [0.2, 0.25) is 0 Å². The molecule has 4 nitrogen and oxygen atoms in total. The van der Waals surface area contributed by atoms with E-state index in [1.54, 1.807) is 12.1 Å². The number of likely N-dealkylation sites (tertiary alicyclic amines) is 1. The van der Waals surface area contributed by atoms with Gasteiger partial charge in [-0.1, -0.05) is 42.0 Å². The van der Waals surface area contributed by atoms with Crippen LogP contribution in [0.15, 0.2) is 42.0 Å². The molecular weight excluding hydrogens is 276 g/mol. The van der Waals surface area contributed by atoms with Crippen LogP contribution < -0.4 is 5.32 Å². The largest absolute Gasteiger partial charge is 0.378 e. The lowest BCUT2D eigenvalue weighted by Crippen LogP contribution is -2.46. The quantitative estimate of drug-likeness (QED) is 0.820. The summed E-state index contributed by atoms with van der Waals surface area (Å²) in [5.41, 5.74) is 1.97. The van der Waals surface area contributed by atoms with E-state index in [1.807, 2.05) is 18.2 Å². The smallest absolute Gasteiger partial charge is 0.253 e. The fourth-order valence-corrected chi connectivity index (χ4v) is 2.64. The Morgan fingerprint density at radius 1 is 1.32 bits per heavy atom. The molecule has 1 unspecified atom stereocenters. The van der Waals surface area contributed by atoms with Crippen molar-refractivity contribution in [3.8, 4) is 0 Å². The molecule has 1 heterocycles. The van der Waals surface area contributed by atoms with Gasteiger partial charge in [0, 0.05) is 25.7 Å². The van der Waals surface area contributed by atoms with E-state index in [-0.39, 0.29) is 11.9 Å². The van der Waals surface area contributed by atoms with Crippen LogP contribution in [-0.4, -0.2) is 41.6 Å². The maximum absolute atomic E-state index is 12.1. The molecule has 2 rings (SSSR count). The SMILES string of the molecule is CC(C)=CCN1CCC(NC(=O)C(O)c2ccccc2)CC1. The first kappa shape index (κ1) is 16.7. The molecule has 0 aliphatic carbocycles. The van der Waals surface area contributed by atoms with Gasteiger partial charge in [0.05, 0.1) is 0 Å². The van der Waals surface area contributed by atoms with Crippen LogP contribution in [0.2, 0.25) is 0 Å². The Labute approximate surface area is 132 Å². The Balaban J connectivity index is 1.78. The molecule has 1 amide bonds. The van der Waals surface area contributed by atoms with E-state index in [0.29, 0.717) is 5.56 Å². The van der Waals surface area contributed by atoms with Crippen molar-refractivity contribution in [3.63, 3.8) is 0 Å². The highest BCUT2D eigenvalue weighted by Crippen LogP contribution is 2.15. The van der Waals surface area contributed by atoms with Gasteiger partial charge in [-0.05, 0) is 32.3 Å². The number of rotatable bonds is 5. The third-order valence-electron chi connectivity index (χ3n) is 4.06. The summed E-state index contributed by atoms with van der Waals surface area (Å²) < 4.78 is 0. The van der Waals surface area contributed by atoms with E-state index in [1.165, 1.54) is 5.57 Å². The molecule has 1 fully saturated rings. The van der Waals surface area contributed by atoms with Crippen LogP contribution in [0.1, 0.15) is 38.4 Å². The van der Waals surface area contributed by atoms with Crippen molar-refractivity contribution in [2.75, 3.05) is 19.6 Å². The molecule has 4 heteroatoms. The summed E-state index contributed by atoms with van der Waals surface area (Å²) in [7, 11) is 0. The molecule has 1 aliphatic rings. The van der Waals surface area contributed by atoms with Crippen LogP contribution in [0.4, 0.5) is 0 Å². The standard InChI is InChI=1S/C18H26N2O2/c1-14(2)8-11-20-12-9-16(10-13-20)19-18(22)17(21)15-6-4-3-5-7-15/h3-8,16-17,21H,9-13H2,1-2H3,(H,19,22). The Kier molecular flexibility index (Phi) is 6.16. The molecule has 1 saturated heterocycles. The highest BCUT2D eigenvalue weighted by Gasteiger charge is 2.23. The minimum Gasteiger partial charge on any atom is -0.378 e. The van der Waals surface area contributed by atoms with E-state index < -0.39 is 6.10 Å². The number of nitrogens with one attached hydrogen (secondary N) is 1. The third kappa shape index (κ3) is 4.97. The summed E-state index contributed by atoms with van der Waals surface area (Å²) in [5.74, 6) is -0.297. The Hall–Kier alpha value is -1.65. The molecule has 0 radical (unpaired) electrons. The number of aliphatic hydroxyl groups excluding tert-OH is 1. The average Bonchev–Trinajstić information content (AvgIpc) is 2.54. The van der Waals surface area contributed by atoms with Gasteiger partial charge in [-0.2, -0.15) is 0 Å². The van der Waals surface area contributed by atoms with Gasteiger partial charge in [-0.3, -0.25) is 9.69 Å². The zero-order chi connectivity index (χ0) is 15.9. The lowest BCUT2D eigenvalue weighted by atomic mass is 10.0. The molecule has 0 aromatic heterocycles. The van der Waals surface area contributed by atoms with Gasteiger partial charge in [0.15, 0.2) is 6.10 Å². The molecule has 0 bridgehead atoms. The fourth-order valence-electron chi connectivity index (χ4n) is 2.64. The van der Waals surface area contributed by atoms with Gasteiger partial charge in [-0.15, -0.1) is 0 Å². The number of hydrogen-bond donors (Lipinski definition) is 2. The average molecular weight is 302 g/mol. The maximum atomic E-state index is 12.1. The van der Waals surface area contributed by atoms with Crippen LogP contribution in [0, 0.1) is 0 Å². The topological polar surface area (TPSA) is 52.6 Å². The number of piperidine rings is 1. The minimum absolute atomic E-state index is 0.161. The van der Waals surface area contributed by atoms with Gasteiger partial charge in [-0.25, -0.2) is 0 Å². The predicted octanol–water partition coefficient (Wildman–Crippen LogP) is 2.27. The molecule has 2 N–H and O–H groups in total. The van der Waals surface area contributed by atoms with Crippen LogP contribution in [0.5, 0.6) is 0 Å². The molecule has 0 saturated carbocycles. The lowest BCUT2D eigenvalue weighted by molar-refractivity contribution is -0.130. The first-order valence-corrected chi connectivity index (χ1v) is 7.95. The van der Waals surface area contributed by atoms with Crippen molar-refractivity contribution in [1.29, 1.82) is 0 Å². The van der Waals surface area contributed by atoms with Gasteiger partial charge >= 0.3 is 0 Å². The van der Waals surface area contributed by atoms with Crippen LogP contribution >= 0.6 is 0 Å². The van der Waals surface area contributed by atoms with Gasteiger partial charge < -0.3 is 10.4 Å². The zero-order valence-corrected chi connectivity index (χ0v) is 13.5. The second-order valence-corrected chi connectivity index (χ2v) is 6.18. The highest BCUT2D eigenvalue weighted by atomic mass is 16.3. The number of nitrogens with zero attached hydrogens (tertiary/aromatic N) is 1. The second kappa shape index (κ2) is 8.11. The third-order valence-corrected chi connectivity index (χ3v) is 4.06. The monoisotopic (exact) mass is 302 g/mol. The molecule has 1 aliphatic heterocycles. The summed E-state index contributed by atoms with van der Waals surface area (Å²) in [6, 6.07) is 9.23. The number of benzene rings is 1. The molecule has 22 heavy (non-hydrogen) atoms. The number of carbonyl (C=O) groups excluding carboxylic acids is 1. The Bertz CT molecular complexity index is 501. The predicted molar refractivity (Wildman–Crippen MR) is 88.4 cm³/mol. The molecule has 1 aromatic rings. The lowest BCUT2D eigenvalue weighted by Gasteiger charge is -2.32. The number of hydrogen-bond acceptors (Lipinski definition) is 3. The van der Waals surface area contributed by atoms with E-state index in [0.717, 1.165) is 32.5 Å². The van der Waals surface area contributed by atoms with Crippen molar-refractivity contribution < 1.29 is 9.90 Å². The molecule has 0 spiro atoms. The van der Waals surface area contributed by atoms with Crippen molar-refractivity contribution in [3.05, 3.63) is 47.5 Å². The summed E-state index contributed by atoms with van der Waals surface area (Å²) >= 11 is 0. The summed E-state index contributed by atoms with van der Waals surface area (Å²) in [6.07, 6.45) is 3.02. The van der Waals surface area contributed by atoms with Crippen molar-refractivity contribution in [1.82, 2.24) is 10.2 Å². The number of carbonyl (C=O) groups is 1. The first-order valence-electron chi connectivity index (χ1n) is 7.95. The number of amides is 1. The normalized spacial score (nSPS) is 17.8. The maximum Gasteiger partial charge on any atom is 0.253 e. The van der Waals surface area contributed by atoms with Crippen molar-refractivity contribution in [2.24, 2.45) is 0 Å². The second-order valence-electron chi connectivity index (χ2n) is 6.18. The minimum atomic E-state index is -1.08. The van der Waals surface area contributed by atoms with E-state index in [9.17, 15) is 9.90 Å². The molecule has 1 aromatic carbocycles. The van der Waals surface area contributed by atoms with E-state index in [2.05, 4.69) is 30.1 Å². The van der Waals surface area contributed by atoms with Gasteiger partial charge in [0.1, 0.15) is 0 Å². The number of allylic oxidation sites excluding steroid dienone is 1. The van der Waals surface area contributed by atoms with Crippen molar-refractivity contribution >= 4 is 5.91 Å². The fraction of sp³-hybridized carbons (Fsp3) is 0.500. The summed E-state index contributed by atoms with van der Waals surface area (Å²) in [5, 5.41) is 13.1. The van der Waals surface area contributed by atoms with Crippen LogP contribution in [0.3, 0.4) is 0 Å². The molecular formula is C18H26N2O2. The van der Waals surface area contributed by atoms with E-state index >= 15 is 0 Å². The van der Waals surface area contributed by atoms with Crippen molar-refractivity contribution in [2.45, 2.75) is 38.8 Å². The van der Waals surface area contributed by atoms with Crippen LogP contribution in [0.25, 0.3) is 0 Å².